The van der Waals surface area contributed by atoms with Crippen LogP contribution >= 0.6 is 11.8 Å². The number of methoxy groups -OCH3 is 1. The molecule has 1 atom stereocenters. The molecule has 0 spiro atoms. The van der Waals surface area contributed by atoms with Crippen LogP contribution in [0.4, 0.5) is 5.69 Å². The van der Waals surface area contributed by atoms with E-state index in [0.717, 1.165) is 0 Å². The molecule has 1 aromatic heterocycles. The third kappa shape index (κ3) is 6.60. The maximum absolute atomic E-state index is 12.8. The highest BCUT2D eigenvalue weighted by atomic mass is 32.2. The predicted octanol–water partition coefficient (Wildman–Crippen LogP) is 4.11. The van der Waals surface area contributed by atoms with E-state index in [-0.39, 0.29) is 29.0 Å². The number of nitrogens with zero attached hydrogens (tertiary/aromatic N) is 3. The normalized spacial score (nSPS) is 11.6. The Hall–Kier alpha value is -3.92. The van der Waals surface area contributed by atoms with Crippen LogP contribution < -0.4 is 10.6 Å². The molecular weight excluding hydrogens is 478 g/mol. The quantitative estimate of drug-likeness (QED) is 0.228. The van der Waals surface area contributed by atoms with Crippen molar-refractivity contribution < 1.29 is 19.1 Å². The van der Waals surface area contributed by atoms with Gasteiger partial charge >= 0.3 is 5.97 Å². The van der Waals surface area contributed by atoms with Crippen molar-refractivity contribution >= 4 is 35.2 Å². The number of allylic oxidation sites excluding steroid dienone is 1. The van der Waals surface area contributed by atoms with Gasteiger partial charge in [0.1, 0.15) is 0 Å². The molecule has 0 saturated carbocycles. The number of amides is 2. The lowest BCUT2D eigenvalue weighted by molar-refractivity contribution is -0.113. The molecule has 0 aliphatic heterocycles. The molecule has 2 amide bonds. The molecule has 9 nitrogen and oxygen atoms in total. The van der Waals surface area contributed by atoms with E-state index >= 15 is 0 Å². The van der Waals surface area contributed by atoms with Gasteiger partial charge in [0, 0.05) is 12.1 Å². The largest absolute Gasteiger partial charge is 0.465 e. The number of hydrogen-bond acceptors (Lipinski definition) is 7. The maximum atomic E-state index is 12.8. The molecule has 0 bridgehead atoms. The number of nitrogens with one attached hydrogen (secondary N) is 2. The summed E-state index contributed by atoms with van der Waals surface area (Å²) in [5.41, 5.74) is 1.19. The summed E-state index contributed by atoms with van der Waals surface area (Å²) in [5.74, 6) is -0.419. The molecule has 36 heavy (non-hydrogen) atoms. The number of aromatic nitrogens is 3. The molecular formula is C26H29N5O4S. The first-order valence-electron chi connectivity index (χ1n) is 11.4. The molecule has 0 unspecified atom stereocenters. The monoisotopic (exact) mass is 507 g/mol. The van der Waals surface area contributed by atoms with Gasteiger partial charge in [-0.05, 0) is 30.2 Å². The summed E-state index contributed by atoms with van der Waals surface area (Å²) in [4.78, 5) is 37.4. The second-order valence-corrected chi connectivity index (χ2v) is 9.12. The van der Waals surface area contributed by atoms with Gasteiger partial charge in [0.25, 0.3) is 5.91 Å². The van der Waals surface area contributed by atoms with Gasteiger partial charge in [-0.3, -0.25) is 9.59 Å². The van der Waals surface area contributed by atoms with E-state index in [9.17, 15) is 14.4 Å². The van der Waals surface area contributed by atoms with Crippen LogP contribution in [0.25, 0.3) is 0 Å². The highest BCUT2D eigenvalue weighted by Gasteiger charge is 2.26. The lowest BCUT2D eigenvalue weighted by atomic mass is 10.0. The Labute approximate surface area is 214 Å². The number of esters is 1. The Kier molecular flexibility index (Phi) is 9.40. The number of hydrogen-bond donors (Lipinski definition) is 2. The average molecular weight is 508 g/mol. The molecule has 3 rings (SSSR count). The Bertz CT molecular complexity index is 1230. The average Bonchev–Trinajstić information content (AvgIpc) is 3.28. The maximum Gasteiger partial charge on any atom is 0.339 e. The van der Waals surface area contributed by atoms with Crippen LogP contribution in [0, 0.1) is 5.92 Å². The second kappa shape index (κ2) is 12.7. The zero-order valence-electron chi connectivity index (χ0n) is 20.4. The predicted molar refractivity (Wildman–Crippen MR) is 139 cm³/mol. The van der Waals surface area contributed by atoms with Crippen molar-refractivity contribution in [3.8, 4) is 0 Å². The highest BCUT2D eigenvalue weighted by molar-refractivity contribution is 7.99. The van der Waals surface area contributed by atoms with E-state index in [1.807, 2.05) is 36.6 Å². The minimum atomic E-state index is -0.536. The van der Waals surface area contributed by atoms with Gasteiger partial charge < -0.3 is 19.9 Å². The van der Waals surface area contributed by atoms with Gasteiger partial charge in [-0.15, -0.1) is 16.8 Å². The minimum absolute atomic E-state index is 0.0291. The topological polar surface area (TPSA) is 115 Å². The lowest BCUT2D eigenvalue weighted by Crippen LogP contribution is -2.33. The molecule has 0 saturated heterocycles. The standard InChI is InChI=1S/C26H29N5O4S/c1-5-15-31-23(22(17(2)3)28-24(33)18-11-7-6-8-12-18)29-30-26(31)36-16-21(32)27-20-14-10-9-13-19(20)25(34)35-4/h5-14,17,22H,1,15-16H2,2-4H3,(H,27,32)(H,28,33)/t22-/m0/s1. The number of thioether (sulfide) groups is 1. The summed E-state index contributed by atoms with van der Waals surface area (Å²) in [6, 6.07) is 15.2. The molecule has 0 radical (unpaired) electrons. The van der Waals surface area contributed by atoms with Crippen molar-refractivity contribution in [2.24, 2.45) is 5.92 Å². The first-order valence-corrected chi connectivity index (χ1v) is 12.3. The molecule has 2 N–H and O–H groups in total. The number of rotatable bonds is 11. The summed E-state index contributed by atoms with van der Waals surface area (Å²) < 4.78 is 6.61. The number of carbonyl (C=O) groups is 3. The van der Waals surface area contributed by atoms with Crippen molar-refractivity contribution in [2.45, 2.75) is 31.6 Å². The second-order valence-electron chi connectivity index (χ2n) is 8.18. The summed E-state index contributed by atoms with van der Waals surface area (Å²) in [7, 11) is 1.29. The van der Waals surface area contributed by atoms with E-state index in [1.54, 1.807) is 42.5 Å². The fraction of sp³-hybridized carbons (Fsp3) is 0.269. The number of anilines is 1. The summed E-state index contributed by atoms with van der Waals surface area (Å²) >= 11 is 1.20. The van der Waals surface area contributed by atoms with Gasteiger partial charge in [0.05, 0.1) is 30.2 Å². The van der Waals surface area contributed by atoms with Crippen LogP contribution in [0.1, 0.15) is 46.4 Å². The van der Waals surface area contributed by atoms with Gasteiger partial charge in [-0.2, -0.15) is 0 Å². The first-order chi connectivity index (χ1) is 17.3. The van der Waals surface area contributed by atoms with Gasteiger partial charge in [0.15, 0.2) is 11.0 Å². The molecule has 3 aromatic rings. The van der Waals surface area contributed by atoms with E-state index in [2.05, 4.69) is 27.4 Å². The Morgan fingerprint density at radius 2 is 1.78 bits per heavy atom. The third-order valence-electron chi connectivity index (χ3n) is 5.26. The number of benzene rings is 2. The number of ether oxygens (including phenoxy) is 1. The Morgan fingerprint density at radius 1 is 1.08 bits per heavy atom. The van der Waals surface area contributed by atoms with Crippen molar-refractivity contribution in [2.75, 3.05) is 18.2 Å². The third-order valence-corrected chi connectivity index (χ3v) is 6.23. The van der Waals surface area contributed by atoms with E-state index in [1.165, 1.54) is 18.9 Å². The Balaban J connectivity index is 1.75. The van der Waals surface area contributed by atoms with E-state index < -0.39 is 12.0 Å². The van der Waals surface area contributed by atoms with Crippen LogP contribution in [-0.4, -0.2) is 45.4 Å². The van der Waals surface area contributed by atoms with Crippen molar-refractivity contribution in [1.82, 2.24) is 20.1 Å². The van der Waals surface area contributed by atoms with Crippen molar-refractivity contribution in [1.29, 1.82) is 0 Å². The lowest BCUT2D eigenvalue weighted by Gasteiger charge is -2.22. The van der Waals surface area contributed by atoms with E-state index in [0.29, 0.717) is 28.8 Å². The van der Waals surface area contributed by atoms with Crippen LogP contribution in [0.15, 0.2) is 72.4 Å². The SMILES string of the molecule is C=CCn1c(SCC(=O)Nc2ccccc2C(=O)OC)nnc1[C@@H](NC(=O)c1ccccc1)C(C)C. The van der Waals surface area contributed by atoms with Crippen molar-refractivity contribution in [3.05, 3.63) is 84.2 Å². The van der Waals surface area contributed by atoms with Crippen LogP contribution in [0.5, 0.6) is 0 Å². The van der Waals surface area contributed by atoms with Crippen molar-refractivity contribution in [3.63, 3.8) is 0 Å². The molecule has 0 fully saturated rings. The molecule has 10 heteroatoms. The van der Waals surface area contributed by atoms with Crippen LogP contribution in [-0.2, 0) is 16.1 Å². The highest BCUT2D eigenvalue weighted by Crippen LogP contribution is 2.26. The molecule has 1 heterocycles. The summed E-state index contributed by atoms with van der Waals surface area (Å²) in [6.45, 7) is 8.20. The molecule has 2 aromatic carbocycles. The zero-order chi connectivity index (χ0) is 26.1. The number of para-hydroxylation sites is 1. The van der Waals surface area contributed by atoms with Gasteiger partial charge in [-0.25, -0.2) is 4.79 Å². The zero-order valence-corrected chi connectivity index (χ0v) is 21.2. The summed E-state index contributed by atoms with van der Waals surface area (Å²) in [6.07, 6.45) is 1.71. The Morgan fingerprint density at radius 3 is 2.44 bits per heavy atom. The summed E-state index contributed by atoms with van der Waals surface area (Å²) in [5, 5.41) is 14.9. The van der Waals surface area contributed by atoms with Crippen LogP contribution in [0.2, 0.25) is 0 Å². The molecule has 0 aliphatic carbocycles. The molecule has 188 valence electrons. The van der Waals surface area contributed by atoms with Gasteiger partial charge in [0.2, 0.25) is 5.91 Å². The smallest absolute Gasteiger partial charge is 0.339 e. The first kappa shape index (κ1) is 26.7. The van der Waals surface area contributed by atoms with Crippen LogP contribution in [0.3, 0.4) is 0 Å². The fourth-order valence-electron chi connectivity index (χ4n) is 3.48. The van der Waals surface area contributed by atoms with E-state index in [4.69, 9.17) is 4.74 Å². The minimum Gasteiger partial charge on any atom is -0.465 e. The fourth-order valence-corrected chi connectivity index (χ4v) is 4.23. The van der Waals surface area contributed by atoms with Gasteiger partial charge in [-0.1, -0.05) is 62.0 Å². The molecule has 0 aliphatic rings. The number of carbonyl (C=O) groups excluding carboxylic acids is 3.